The van der Waals surface area contributed by atoms with Gasteiger partial charge in [0.15, 0.2) is 0 Å². The summed E-state index contributed by atoms with van der Waals surface area (Å²) in [6, 6.07) is 40.6. The molecule has 4 aromatic carbocycles. The van der Waals surface area contributed by atoms with Crippen LogP contribution in [-0.4, -0.2) is 60.9 Å². The smallest absolute Gasteiger partial charge is 0.321 e. The van der Waals surface area contributed by atoms with Crippen molar-refractivity contribution in [1.29, 1.82) is 0 Å². The Bertz CT molecular complexity index is 2300. The van der Waals surface area contributed by atoms with Crippen molar-refractivity contribution in [2.75, 3.05) is 10.6 Å². The van der Waals surface area contributed by atoms with Crippen LogP contribution in [0.3, 0.4) is 0 Å². The van der Waals surface area contributed by atoms with Gasteiger partial charge >= 0.3 is 6.03 Å². The molecule has 10 heteroatoms. The van der Waals surface area contributed by atoms with Gasteiger partial charge in [-0.05, 0) is 103 Å². The fraction of sp³-hybridized carbons (Fsp3) is 0.213. The number of nitrogens with one attached hydrogen (secondary N) is 2. The van der Waals surface area contributed by atoms with Crippen molar-refractivity contribution in [2.45, 2.75) is 64.4 Å². The summed E-state index contributed by atoms with van der Waals surface area (Å²) in [6.45, 7) is 4.23. The topological polar surface area (TPSA) is 128 Å². The molecule has 0 radical (unpaired) electrons. The summed E-state index contributed by atoms with van der Waals surface area (Å²) in [7, 11) is 0. The minimum atomic E-state index is -0.905. The van der Waals surface area contributed by atoms with E-state index in [2.05, 4.69) is 32.7 Å². The summed E-state index contributed by atoms with van der Waals surface area (Å²) in [4.78, 5) is 53.2. The average molecular weight is 759 g/mol. The van der Waals surface area contributed by atoms with Gasteiger partial charge in [-0.25, -0.2) is 4.79 Å². The van der Waals surface area contributed by atoms with Crippen LogP contribution >= 0.6 is 0 Å². The van der Waals surface area contributed by atoms with E-state index in [0.717, 1.165) is 33.4 Å². The Hall–Kier alpha value is -6.65. The molecule has 1 fully saturated rings. The van der Waals surface area contributed by atoms with E-state index < -0.39 is 18.2 Å². The molecule has 57 heavy (non-hydrogen) atoms. The molecular formula is C47H46N6O4. The minimum absolute atomic E-state index is 0.196. The Morgan fingerprint density at radius 2 is 1.07 bits per heavy atom. The second-order valence-corrected chi connectivity index (χ2v) is 14.6. The maximum absolute atomic E-state index is 15.0. The van der Waals surface area contributed by atoms with E-state index in [4.69, 9.17) is 0 Å². The van der Waals surface area contributed by atoms with E-state index >= 15 is 4.79 Å². The molecule has 1 aliphatic rings. The van der Waals surface area contributed by atoms with Crippen LogP contribution in [0.1, 0.15) is 60.8 Å². The highest BCUT2D eigenvalue weighted by Crippen LogP contribution is 2.32. The van der Waals surface area contributed by atoms with E-state index in [-0.39, 0.29) is 30.9 Å². The number of aromatic nitrogens is 2. The number of urea groups is 1. The predicted molar refractivity (Wildman–Crippen MR) is 222 cm³/mol. The zero-order valence-corrected chi connectivity index (χ0v) is 32.1. The molecule has 0 aliphatic carbocycles. The van der Waals surface area contributed by atoms with Crippen LogP contribution in [0.15, 0.2) is 146 Å². The third kappa shape index (κ3) is 9.78. The lowest BCUT2D eigenvalue weighted by Gasteiger charge is -2.49. The summed E-state index contributed by atoms with van der Waals surface area (Å²) in [5, 5.41) is 18.3. The largest absolute Gasteiger partial charge is 0.389 e. The lowest BCUT2D eigenvalue weighted by molar-refractivity contribution is -0.0453. The summed E-state index contributed by atoms with van der Waals surface area (Å²) in [5.41, 5.74) is 7.38. The Morgan fingerprint density at radius 1 is 0.596 bits per heavy atom. The van der Waals surface area contributed by atoms with E-state index in [1.165, 1.54) is 0 Å². The van der Waals surface area contributed by atoms with Crippen LogP contribution < -0.4 is 10.6 Å². The van der Waals surface area contributed by atoms with Crippen molar-refractivity contribution in [1.82, 2.24) is 19.8 Å². The first-order chi connectivity index (χ1) is 27.7. The van der Waals surface area contributed by atoms with Crippen LogP contribution in [-0.2, 0) is 25.9 Å². The summed E-state index contributed by atoms with van der Waals surface area (Å²) >= 11 is 0. The Morgan fingerprint density at radius 3 is 1.56 bits per heavy atom. The Kier molecular flexibility index (Phi) is 12.1. The first-order valence-corrected chi connectivity index (χ1v) is 19.2. The molecule has 0 spiro atoms. The molecule has 4 amide bonds. The maximum Gasteiger partial charge on any atom is 0.321 e. The molecule has 0 unspecified atom stereocenters. The number of pyridine rings is 2. The highest BCUT2D eigenvalue weighted by molar-refractivity contribution is 6.03. The Labute approximate surface area is 333 Å². The summed E-state index contributed by atoms with van der Waals surface area (Å²) in [6.07, 6.45) is 4.06. The molecular weight excluding hydrogens is 713 g/mol. The molecule has 3 heterocycles. The number of nitrogens with zero attached hydrogens (tertiary/aromatic N) is 4. The molecule has 10 nitrogen and oxygen atoms in total. The standard InChI is InChI=1S/C47H46N6O4/c1-32-19-22-40(48-28-32)45(55)50-38-17-9-15-36(25-38)30-52-42(24-21-34-11-5-3-6-12-34)44(54)43(27-35-13-7-4-8-14-35)53(47(52)57)31-37-16-10-18-39(26-37)51-46(56)41-23-20-33(2)29-49-41/h3-20,22-23,25-26,28-29,42-44,54H,21,24,27,30-31H2,1-2H3,(H,50,55)(H,51,56)/t42-,43-,44-/m1/s1. The predicted octanol–water partition coefficient (Wildman–Crippen LogP) is 8.01. The molecule has 3 atom stereocenters. The molecule has 7 rings (SSSR count). The minimum Gasteiger partial charge on any atom is -0.389 e. The van der Waals surface area contributed by atoms with Gasteiger partial charge < -0.3 is 25.5 Å². The lowest BCUT2D eigenvalue weighted by Crippen LogP contribution is -2.66. The van der Waals surface area contributed by atoms with Gasteiger partial charge in [-0.15, -0.1) is 0 Å². The second-order valence-electron chi connectivity index (χ2n) is 14.6. The SMILES string of the molecule is Cc1ccc(C(=O)Nc2cccc(CN3C(=O)N(Cc4cccc(NC(=O)c5ccc(C)cn5)c4)[C@H](Cc4ccccc4)[C@H](O)[C@H]3CCc3ccccc3)c2)nc1. The normalized spacial score (nSPS) is 16.6. The highest BCUT2D eigenvalue weighted by atomic mass is 16.3. The monoisotopic (exact) mass is 758 g/mol. The van der Waals surface area contributed by atoms with Crippen LogP contribution in [0.5, 0.6) is 0 Å². The third-order valence-corrected chi connectivity index (χ3v) is 10.3. The number of aliphatic hydroxyl groups excluding tert-OH is 1. The van der Waals surface area contributed by atoms with Gasteiger partial charge in [0.2, 0.25) is 0 Å². The van der Waals surface area contributed by atoms with Crippen molar-refractivity contribution in [3.63, 3.8) is 0 Å². The number of aliphatic hydroxyl groups is 1. The number of hydrogen-bond acceptors (Lipinski definition) is 6. The van der Waals surface area contributed by atoms with Crippen molar-refractivity contribution < 1.29 is 19.5 Å². The fourth-order valence-electron chi connectivity index (χ4n) is 7.30. The van der Waals surface area contributed by atoms with Gasteiger partial charge in [0.25, 0.3) is 11.8 Å². The zero-order chi connectivity index (χ0) is 39.7. The van der Waals surface area contributed by atoms with Gasteiger partial charge in [-0.3, -0.25) is 19.6 Å². The van der Waals surface area contributed by atoms with Crippen LogP contribution in [0.25, 0.3) is 0 Å². The van der Waals surface area contributed by atoms with Gasteiger partial charge in [0.05, 0.1) is 18.2 Å². The second kappa shape index (κ2) is 17.9. The molecule has 3 N–H and O–H groups in total. The van der Waals surface area contributed by atoms with Crippen molar-refractivity contribution in [3.8, 4) is 0 Å². The van der Waals surface area contributed by atoms with E-state index in [1.54, 1.807) is 46.5 Å². The number of carbonyl (C=O) groups excluding carboxylic acids is 3. The van der Waals surface area contributed by atoms with Crippen molar-refractivity contribution >= 4 is 29.2 Å². The number of carbonyl (C=O) groups is 3. The summed E-state index contributed by atoms with van der Waals surface area (Å²) < 4.78 is 0. The van der Waals surface area contributed by atoms with E-state index in [1.807, 2.05) is 111 Å². The number of aryl methyl sites for hydroxylation is 3. The maximum atomic E-state index is 15.0. The number of rotatable bonds is 13. The van der Waals surface area contributed by atoms with Crippen molar-refractivity contribution in [3.05, 3.63) is 191 Å². The number of anilines is 2. The van der Waals surface area contributed by atoms with Crippen LogP contribution in [0, 0.1) is 13.8 Å². The first-order valence-electron chi connectivity index (χ1n) is 19.2. The molecule has 2 aromatic heterocycles. The molecule has 0 saturated carbocycles. The number of hydrogen-bond donors (Lipinski definition) is 3. The van der Waals surface area contributed by atoms with Crippen molar-refractivity contribution in [2.24, 2.45) is 0 Å². The van der Waals surface area contributed by atoms with E-state index in [9.17, 15) is 14.7 Å². The van der Waals surface area contributed by atoms with Gasteiger partial charge in [0, 0.05) is 36.9 Å². The van der Waals surface area contributed by atoms with Gasteiger partial charge in [-0.2, -0.15) is 0 Å². The van der Waals surface area contributed by atoms with Gasteiger partial charge in [0.1, 0.15) is 11.4 Å². The average Bonchev–Trinajstić information content (AvgIpc) is 3.22. The first kappa shape index (κ1) is 38.6. The van der Waals surface area contributed by atoms with Gasteiger partial charge in [-0.1, -0.05) is 97.1 Å². The fourth-order valence-corrected chi connectivity index (χ4v) is 7.30. The zero-order valence-electron chi connectivity index (χ0n) is 32.1. The molecule has 0 bridgehead atoms. The third-order valence-electron chi connectivity index (χ3n) is 10.3. The van der Waals surface area contributed by atoms with E-state index in [0.29, 0.717) is 42.0 Å². The highest BCUT2D eigenvalue weighted by Gasteiger charge is 2.45. The molecule has 1 saturated heterocycles. The van der Waals surface area contributed by atoms with Crippen LogP contribution in [0.2, 0.25) is 0 Å². The number of benzene rings is 4. The van der Waals surface area contributed by atoms with Crippen LogP contribution in [0.4, 0.5) is 16.2 Å². The molecule has 1 aliphatic heterocycles. The lowest BCUT2D eigenvalue weighted by atomic mass is 9.88. The summed E-state index contributed by atoms with van der Waals surface area (Å²) in [5.74, 6) is -0.666. The molecule has 6 aromatic rings. The Balaban J connectivity index is 1.19. The quantitative estimate of drug-likeness (QED) is 0.110. The molecule has 288 valence electrons. The number of amides is 4.